The summed E-state index contributed by atoms with van der Waals surface area (Å²) in [6.45, 7) is 2.28. The molecule has 0 heterocycles. The number of fused-ring (bicyclic) bond motifs is 1. The fourth-order valence-corrected chi connectivity index (χ4v) is 2.51. The molecule has 0 aromatic carbocycles. The van der Waals surface area contributed by atoms with Crippen LogP contribution >= 0.6 is 0 Å². The molecule has 2 aliphatic rings. The van der Waals surface area contributed by atoms with Crippen molar-refractivity contribution in [2.24, 2.45) is 11.8 Å². The third-order valence-electron chi connectivity index (χ3n) is 3.15. The largest absolute Gasteiger partial charge is 0.0819 e. The Labute approximate surface area is 63.3 Å². The van der Waals surface area contributed by atoms with Gasteiger partial charge in [0.1, 0.15) is 0 Å². The van der Waals surface area contributed by atoms with Crippen molar-refractivity contribution < 1.29 is 0 Å². The molecule has 0 bridgehead atoms. The number of hydrogen-bond acceptors (Lipinski definition) is 0. The normalized spacial score (nSPS) is 37.9. The highest BCUT2D eigenvalue weighted by Gasteiger charge is 2.30. The van der Waals surface area contributed by atoms with E-state index in [-0.39, 0.29) is 0 Å². The zero-order valence-corrected chi connectivity index (χ0v) is 6.77. The smallest absolute Gasteiger partial charge is 0.0199 e. The van der Waals surface area contributed by atoms with Gasteiger partial charge in [-0.15, -0.1) is 0 Å². The topological polar surface area (TPSA) is 0 Å². The van der Waals surface area contributed by atoms with E-state index in [2.05, 4.69) is 13.0 Å². The summed E-state index contributed by atoms with van der Waals surface area (Å²) in [4.78, 5) is 0. The van der Waals surface area contributed by atoms with Crippen molar-refractivity contribution in [2.45, 2.75) is 39.0 Å². The highest BCUT2D eigenvalue weighted by atomic mass is 14.4. The lowest BCUT2D eigenvalue weighted by molar-refractivity contribution is 0.490. The number of hydrogen-bond donors (Lipinski definition) is 0. The lowest BCUT2D eigenvalue weighted by atomic mass is 9.99. The molecule has 2 aliphatic carbocycles. The minimum atomic E-state index is 0.995. The lowest BCUT2D eigenvalue weighted by Crippen LogP contribution is -1.96. The molecule has 0 aliphatic heterocycles. The van der Waals surface area contributed by atoms with Gasteiger partial charge in [-0.1, -0.05) is 25.0 Å². The van der Waals surface area contributed by atoms with Crippen LogP contribution in [0.1, 0.15) is 39.0 Å². The minimum absolute atomic E-state index is 0.995. The summed E-state index contributed by atoms with van der Waals surface area (Å²) in [7, 11) is 0. The maximum absolute atomic E-state index is 2.55. The predicted octanol–water partition coefficient (Wildman–Crippen LogP) is 3.14. The molecule has 0 N–H and O–H groups in total. The Bertz CT molecular complexity index is 155. The van der Waals surface area contributed by atoms with E-state index in [0.717, 1.165) is 11.8 Å². The maximum Gasteiger partial charge on any atom is -0.0199 e. The van der Waals surface area contributed by atoms with Gasteiger partial charge in [0, 0.05) is 0 Å². The molecule has 0 aromatic rings. The predicted molar refractivity (Wildman–Crippen MR) is 43.8 cm³/mol. The maximum atomic E-state index is 2.55. The van der Waals surface area contributed by atoms with Crippen LogP contribution in [0.3, 0.4) is 0 Å². The van der Waals surface area contributed by atoms with Gasteiger partial charge >= 0.3 is 0 Å². The van der Waals surface area contributed by atoms with Crippen molar-refractivity contribution in [1.82, 2.24) is 0 Å². The summed E-state index contributed by atoms with van der Waals surface area (Å²) in [5.74, 6) is 2.06. The average Bonchev–Trinajstić information content (AvgIpc) is 2.42. The van der Waals surface area contributed by atoms with Crippen molar-refractivity contribution in [2.75, 3.05) is 0 Å². The minimum Gasteiger partial charge on any atom is -0.0819 e. The standard InChI is InChI=1S/C10H16/c1-2-8-6-9-4-3-5-10(9)7-8/h6,9-10H,2-5,7H2,1H3. The summed E-state index contributed by atoms with van der Waals surface area (Å²) >= 11 is 0. The van der Waals surface area contributed by atoms with E-state index in [0.29, 0.717) is 0 Å². The highest BCUT2D eigenvalue weighted by molar-refractivity contribution is 5.14. The molecule has 0 spiro atoms. The summed E-state index contributed by atoms with van der Waals surface area (Å²) in [6.07, 6.45) is 9.76. The summed E-state index contributed by atoms with van der Waals surface area (Å²) in [5, 5.41) is 0. The second-order valence-electron chi connectivity index (χ2n) is 3.74. The fraction of sp³-hybridized carbons (Fsp3) is 0.800. The van der Waals surface area contributed by atoms with Gasteiger partial charge in [0.15, 0.2) is 0 Å². The van der Waals surface area contributed by atoms with Crippen LogP contribution in [0.5, 0.6) is 0 Å². The Morgan fingerprint density at radius 3 is 3.10 bits per heavy atom. The van der Waals surface area contributed by atoms with E-state index in [1.807, 2.05) is 0 Å². The zero-order chi connectivity index (χ0) is 6.97. The van der Waals surface area contributed by atoms with Gasteiger partial charge in [0.25, 0.3) is 0 Å². The second kappa shape index (κ2) is 2.41. The first kappa shape index (κ1) is 6.45. The Balaban J connectivity index is 2.06. The van der Waals surface area contributed by atoms with Crippen LogP contribution in [-0.2, 0) is 0 Å². The first-order valence-corrected chi connectivity index (χ1v) is 4.59. The van der Waals surface area contributed by atoms with Crippen molar-refractivity contribution in [3.63, 3.8) is 0 Å². The molecule has 2 atom stereocenters. The summed E-state index contributed by atoms with van der Waals surface area (Å²) in [6, 6.07) is 0. The van der Waals surface area contributed by atoms with Gasteiger partial charge in [0.05, 0.1) is 0 Å². The molecule has 0 radical (unpaired) electrons. The van der Waals surface area contributed by atoms with E-state index in [9.17, 15) is 0 Å². The molecule has 1 saturated carbocycles. The number of rotatable bonds is 1. The number of allylic oxidation sites excluding steroid dienone is 2. The van der Waals surface area contributed by atoms with Crippen LogP contribution in [0.2, 0.25) is 0 Å². The molecule has 2 unspecified atom stereocenters. The average molecular weight is 136 g/mol. The molecule has 2 rings (SSSR count). The summed E-state index contributed by atoms with van der Waals surface area (Å²) in [5.41, 5.74) is 1.73. The second-order valence-corrected chi connectivity index (χ2v) is 3.74. The van der Waals surface area contributed by atoms with Crippen LogP contribution < -0.4 is 0 Å². The molecule has 0 amide bonds. The van der Waals surface area contributed by atoms with Gasteiger partial charge in [0.2, 0.25) is 0 Å². The Morgan fingerprint density at radius 1 is 1.50 bits per heavy atom. The third kappa shape index (κ3) is 0.902. The monoisotopic (exact) mass is 136 g/mol. The Morgan fingerprint density at radius 2 is 2.40 bits per heavy atom. The van der Waals surface area contributed by atoms with E-state index in [1.54, 1.807) is 5.57 Å². The molecule has 1 fully saturated rings. The van der Waals surface area contributed by atoms with Crippen molar-refractivity contribution in [1.29, 1.82) is 0 Å². The first-order chi connectivity index (χ1) is 4.90. The van der Waals surface area contributed by atoms with Gasteiger partial charge in [-0.25, -0.2) is 0 Å². The highest BCUT2D eigenvalue weighted by Crippen LogP contribution is 2.43. The Kier molecular flexibility index (Phi) is 1.55. The van der Waals surface area contributed by atoms with Gasteiger partial charge in [-0.2, -0.15) is 0 Å². The molecule has 0 saturated heterocycles. The van der Waals surface area contributed by atoms with Crippen molar-refractivity contribution in [3.05, 3.63) is 11.6 Å². The first-order valence-electron chi connectivity index (χ1n) is 4.59. The Hall–Kier alpha value is -0.260. The third-order valence-corrected chi connectivity index (χ3v) is 3.15. The molecular weight excluding hydrogens is 120 g/mol. The SMILES string of the molecule is CCC1=CC2CCCC2C1. The van der Waals surface area contributed by atoms with Crippen LogP contribution in [0.4, 0.5) is 0 Å². The molecular formula is C10H16. The van der Waals surface area contributed by atoms with Crippen LogP contribution in [0, 0.1) is 11.8 Å². The van der Waals surface area contributed by atoms with E-state index < -0.39 is 0 Å². The molecule has 56 valence electrons. The van der Waals surface area contributed by atoms with Crippen LogP contribution in [0.25, 0.3) is 0 Å². The van der Waals surface area contributed by atoms with Crippen LogP contribution in [0.15, 0.2) is 11.6 Å². The van der Waals surface area contributed by atoms with Gasteiger partial charge in [-0.3, -0.25) is 0 Å². The van der Waals surface area contributed by atoms with Crippen molar-refractivity contribution >= 4 is 0 Å². The van der Waals surface area contributed by atoms with E-state index >= 15 is 0 Å². The van der Waals surface area contributed by atoms with E-state index in [4.69, 9.17) is 0 Å². The van der Waals surface area contributed by atoms with E-state index in [1.165, 1.54) is 32.1 Å². The van der Waals surface area contributed by atoms with Crippen LogP contribution in [-0.4, -0.2) is 0 Å². The molecule has 10 heavy (non-hydrogen) atoms. The fourth-order valence-electron chi connectivity index (χ4n) is 2.51. The lowest BCUT2D eigenvalue weighted by Gasteiger charge is -2.05. The van der Waals surface area contributed by atoms with Gasteiger partial charge < -0.3 is 0 Å². The van der Waals surface area contributed by atoms with Crippen molar-refractivity contribution in [3.8, 4) is 0 Å². The quantitative estimate of drug-likeness (QED) is 0.486. The van der Waals surface area contributed by atoms with Gasteiger partial charge in [-0.05, 0) is 37.5 Å². The molecule has 0 nitrogen and oxygen atoms in total. The summed E-state index contributed by atoms with van der Waals surface area (Å²) < 4.78 is 0. The molecule has 0 aromatic heterocycles. The molecule has 0 heteroatoms. The zero-order valence-electron chi connectivity index (χ0n) is 6.77.